The van der Waals surface area contributed by atoms with Crippen molar-refractivity contribution in [2.75, 3.05) is 6.61 Å². The van der Waals surface area contributed by atoms with Crippen LogP contribution in [0.4, 0.5) is 4.39 Å². The first-order valence-electron chi connectivity index (χ1n) is 9.12. The van der Waals surface area contributed by atoms with E-state index in [4.69, 9.17) is 4.74 Å². The third-order valence-corrected chi connectivity index (χ3v) is 4.98. The van der Waals surface area contributed by atoms with Crippen molar-refractivity contribution >= 4 is 11.8 Å². The van der Waals surface area contributed by atoms with Gasteiger partial charge in [-0.1, -0.05) is 0 Å². The predicted molar refractivity (Wildman–Crippen MR) is 100 cm³/mol. The summed E-state index contributed by atoms with van der Waals surface area (Å²) in [5.74, 6) is -1.27. The molecular formula is C21H20FN3O3. The standard InChI is InChI=1S/C21H20FN3O3/c1-13-9-18(14(2)25(13)17-7-8-17)20(26)11-28-21(27)19-10-23-12-24(19)16-5-3-15(22)4-6-16/h3-6,9-10,12,17H,7-8,11H2,1-2H3. The van der Waals surface area contributed by atoms with Crippen LogP contribution in [0.15, 0.2) is 42.9 Å². The van der Waals surface area contributed by atoms with Crippen molar-refractivity contribution in [2.24, 2.45) is 0 Å². The largest absolute Gasteiger partial charge is 0.453 e. The molecule has 6 nitrogen and oxygen atoms in total. The Morgan fingerprint density at radius 3 is 2.61 bits per heavy atom. The second-order valence-electron chi connectivity index (χ2n) is 7.01. The van der Waals surface area contributed by atoms with Gasteiger partial charge in [-0.25, -0.2) is 14.2 Å². The lowest BCUT2D eigenvalue weighted by atomic mass is 10.1. The molecule has 1 aromatic carbocycles. The van der Waals surface area contributed by atoms with Crippen molar-refractivity contribution < 1.29 is 18.7 Å². The zero-order valence-electron chi connectivity index (χ0n) is 15.7. The Kier molecular flexibility index (Phi) is 4.58. The second kappa shape index (κ2) is 7.07. The quantitative estimate of drug-likeness (QED) is 0.481. The normalized spacial score (nSPS) is 13.5. The summed E-state index contributed by atoms with van der Waals surface area (Å²) >= 11 is 0. The van der Waals surface area contributed by atoms with Crippen LogP contribution < -0.4 is 0 Å². The highest BCUT2D eigenvalue weighted by Gasteiger charge is 2.28. The SMILES string of the molecule is Cc1cc(C(=O)COC(=O)c2cncn2-c2ccc(F)cc2)c(C)n1C1CC1. The Bertz CT molecular complexity index is 1050. The highest BCUT2D eigenvalue weighted by Crippen LogP contribution is 2.38. The van der Waals surface area contributed by atoms with Gasteiger partial charge >= 0.3 is 5.97 Å². The molecule has 0 radical (unpaired) electrons. The van der Waals surface area contributed by atoms with E-state index < -0.39 is 5.97 Å². The number of carbonyl (C=O) groups excluding carboxylic acids is 2. The van der Waals surface area contributed by atoms with E-state index in [0.717, 1.165) is 24.2 Å². The number of esters is 1. The Morgan fingerprint density at radius 2 is 1.93 bits per heavy atom. The molecule has 0 unspecified atom stereocenters. The molecule has 0 spiro atoms. The summed E-state index contributed by atoms with van der Waals surface area (Å²) in [5, 5.41) is 0. The highest BCUT2D eigenvalue weighted by molar-refractivity contribution is 6.00. The van der Waals surface area contributed by atoms with Crippen molar-refractivity contribution in [2.45, 2.75) is 32.7 Å². The van der Waals surface area contributed by atoms with Gasteiger partial charge in [-0.15, -0.1) is 0 Å². The monoisotopic (exact) mass is 381 g/mol. The minimum atomic E-state index is -0.661. The van der Waals surface area contributed by atoms with Crippen molar-refractivity contribution in [1.29, 1.82) is 0 Å². The molecule has 4 rings (SSSR count). The van der Waals surface area contributed by atoms with Crippen LogP contribution >= 0.6 is 0 Å². The number of carbonyl (C=O) groups is 2. The molecule has 1 fully saturated rings. The van der Waals surface area contributed by atoms with Crippen LogP contribution in [0.25, 0.3) is 5.69 Å². The molecule has 0 saturated heterocycles. The highest BCUT2D eigenvalue weighted by atomic mass is 19.1. The van der Waals surface area contributed by atoms with Crippen molar-refractivity contribution in [3.05, 3.63) is 71.3 Å². The summed E-state index contributed by atoms with van der Waals surface area (Å²) in [4.78, 5) is 29.0. The third kappa shape index (κ3) is 3.35. The number of halogens is 1. The van der Waals surface area contributed by atoms with E-state index >= 15 is 0 Å². The summed E-state index contributed by atoms with van der Waals surface area (Å²) < 4.78 is 22.0. The summed E-state index contributed by atoms with van der Waals surface area (Å²) in [6.45, 7) is 3.56. The summed E-state index contributed by atoms with van der Waals surface area (Å²) in [7, 11) is 0. The fourth-order valence-electron chi connectivity index (χ4n) is 3.49. The average molecular weight is 381 g/mol. The number of ketones is 1. The van der Waals surface area contributed by atoms with Crippen LogP contribution in [0.1, 0.15) is 51.1 Å². The number of hydrogen-bond donors (Lipinski definition) is 0. The molecule has 1 aliphatic rings. The number of aryl methyl sites for hydroxylation is 1. The molecule has 3 aromatic rings. The molecule has 0 N–H and O–H groups in total. The van der Waals surface area contributed by atoms with E-state index in [1.165, 1.54) is 41.4 Å². The van der Waals surface area contributed by atoms with Crippen molar-refractivity contribution in [3.8, 4) is 5.69 Å². The van der Waals surface area contributed by atoms with Gasteiger partial charge in [0.25, 0.3) is 0 Å². The van der Waals surface area contributed by atoms with Gasteiger partial charge in [0.1, 0.15) is 5.82 Å². The van der Waals surface area contributed by atoms with Crippen LogP contribution in [-0.2, 0) is 4.74 Å². The molecule has 1 saturated carbocycles. The number of aromatic nitrogens is 3. The van der Waals surface area contributed by atoms with Gasteiger partial charge < -0.3 is 9.30 Å². The minimum Gasteiger partial charge on any atom is -0.453 e. The van der Waals surface area contributed by atoms with Crippen LogP contribution in [0.2, 0.25) is 0 Å². The van der Waals surface area contributed by atoms with E-state index in [0.29, 0.717) is 17.3 Å². The lowest BCUT2D eigenvalue weighted by Gasteiger charge is -2.09. The number of ether oxygens (including phenoxy) is 1. The molecule has 28 heavy (non-hydrogen) atoms. The average Bonchev–Trinajstić information content (AvgIpc) is 3.29. The van der Waals surface area contributed by atoms with E-state index in [9.17, 15) is 14.0 Å². The van der Waals surface area contributed by atoms with Gasteiger partial charge in [0.15, 0.2) is 12.3 Å². The fraction of sp³-hybridized carbons (Fsp3) is 0.286. The van der Waals surface area contributed by atoms with Crippen LogP contribution in [-0.4, -0.2) is 32.5 Å². The summed E-state index contributed by atoms with van der Waals surface area (Å²) in [5.41, 5.74) is 3.29. The van der Waals surface area contributed by atoms with Gasteiger partial charge in [-0.05, 0) is 57.0 Å². The second-order valence-corrected chi connectivity index (χ2v) is 7.01. The smallest absolute Gasteiger partial charge is 0.357 e. The Balaban J connectivity index is 1.47. The van der Waals surface area contributed by atoms with Gasteiger partial charge in [0.05, 0.1) is 12.5 Å². The van der Waals surface area contributed by atoms with Crippen LogP contribution in [0, 0.1) is 19.7 Å². The molecule has 144 valence electrons. The molecule has 0 aliphatic heterocycles. The minimum absolute atomic E-state index is 0.169. The zero-order valence-corrected chi connectivity index (χ0v) is 15.7. The summed E-state index contributed by atoms with van der Waals surface area (Å²) in [6.07, 6.45) is 5.06. The Labute approximate surface area is 161 Å². The summed E-state index contributed by atoms with van der Waals surface area (Å²) in [6, 6.07) is 7.99. The van der Waals surface area contributed by atoms with Crippen molar-refractivity contribution in [3.63, 3.8) is 0 Å². The van der Waals surface area contributed by atoms with Crippen LogP contribution in [0.3, 0.4) is 0 Å². The maximum absolute atomic E-state index is 13.1. The third-order valence-electron chi connectivity index (χ3n) is 4.98. The lowest BCUT2D eigenvalue weighted by Crippen LogP contribution is -2.17. The topological polar surface area (TPSA) is 66.1 Å². The van der Waals surface area contributed by atoms with Gasteiger partial charge in [-0.2, -0.15) is 0 Å². The number of Topliss-reactive ketones (excluding diaryl/α,β-unsaturated/α-hetero) is 1. The number of benzene rings is 1. The number of rotatable bonds is 6. The van der Waals surface area contributed by atoms with E-state index in [2.05, 4.69) is 9.55 Å². The zero-order chi connectivity index (χ0) is 19.8. The molecule has 2 heterocycles. The first-order valence-corrected chi connectivity index (χ1v) is 9.12. The van der Waals surface area contributed by atoms with Crippen molar-refractivity contribution in [1.82, 2.24) is 14.1 Å². The van der Waals surface area contributed by atoms with E-state index in [1.54, 1.807) is 0 Å². The maximum atomic E-state index is 13.1. The van der Waals surface area contributed by atoms with Gasteiger partial charge in [-0.3, -0.25) is 9.36 Å². The van der Waals surface area contributed by atoms with Gasteiger partial charge in [0, 0.05) is 28.7 Å². The fourth-order valence-corrected chi connectivity index (χ4v) is 3.49. The Hall–Kier alpha value is -3.22. The predicted octanol–water partition coefficient (Wildman–Crippen LogP) is 3.80. The number of hydrogen-bond acceptors (Lipinski definition) is 4. The molecule has 0 atom stereocenters. The van der Waals surface area contributed by atoms with Crippen LogP contribution in [0.5, 0.6) is 0 Å². The van der Waals surface area contributed by atoms with E-state index in [1.807, 2.05) is 19.9 Å². The van der Waals surface area contributed by atoms with Gasteiger partial charge in [0.2, 0.25) is 5.78 Å². The molecule has 0 bridgehead atoms. The number of imidazole rings is 1. The first-order chi connectivity index (χ1) is 13.5. The first kappa shape index (κ1) is 18.2. The molecule has 1 aliphatic carbocycles. The Morgan fingerprint density at radius 1 is 1.21 bits per heavy atom. The number of nitrogens with zero attached hydrogens (tertiary/aromatic N) is 3. The molecular weight excluding hydrogens is 361 g/mol. The molecule has 7 heteroatoms. The maximum Gasteiger partial charge on any atom is 0.357 e. The molecule has 0 amide bonds. The van der Waals surface area contributed by atoms with E-state index in [-0.39, 0.29) is 23.9 Å². The molecule has 2 aromatic heterocycles. The lowest BCUT2D eigenvalue weighted by molar-refractivity contribution is 0.0466.